The van der Waals surface area contributed by atoms with E-state index in [0.29, 0.717) is 0 Å². The monoisotopic (exact) mass is 284 g/mol. The molecule has 1 unspecified atom stereocenters. The molecule has 0 aliphatic carbocycles. The number of aliphatic carboxylic acids is 2. The molecule has 1 aromatic carbocycles. The average Bonchev–Trinajstić information content (AvgIpc) is 2.39. The van der Waals surface area contributed by atoms with Crippen LogP contribution in [0.15, 0.2) is 34.3 Å². The number of rotatable bonds is 3. The zero-order valence-corrected chi connectivity index (χ0v) is 10.5. The largest absolute Gasteiger partial charge is 0.481 e. The number of aliphatic hydroxyl groups excluding tert-OH is 1. The van der Waals surface area contributed by atoms with E-state index in [9.17, 15) is 9.59 Å². The van der Waals surface area contributed by atoms with Gasteiger partial charge in [0.2, 0.25) is 0 Å². The van der Waals surface area contributed by atoms with Crippen LogP contribution in [0, 0.1) is 0 Å². The molecule has 0 saturated carbocycles. The predicted molar refractivity (Wildman–Crippen MR) is 68.9 cm³/mol. The van der Waals surface area contributed by atoms with E-state index in [2.05, 4.69) is 16.0 Å². The first-order valence-corrected chi connectivity index (χ1v) is 5.99. The molecule has 0 bridgehead atoms. The van der Waals surface area contributed by atoms with Crippen molar-refractivity contribution < 1.29 is 24.9 Å². The van der Waals surface area contributed by atoms with Crippen molar-refractivity contribution in [1.82, 2.24) is 4.83 Å². The summed E-state index contributed by atoms with van der Waals surface area (Å²) in [5.41, 5.74) is 1.19. The number of carboxylic acids is 2. The summed E-state index contributed by atoms with van der Waals surface area (Å²) in [6, 6.07) is 8.15. The van der Waals surface area contributed by atoms with E-state index >= 15 is 0 Å². The maximum absolute atomic E-state index is 9.72. The number of hydrogen-bond acceptors (Lipinski definition) is 6. The molecule has 1 aromatic rings. The zero-order valence-electron chi connectivity index (χ0n) is 9.68. The summed E-state index contributed by atoms with van der Waals surface area (Å²) in [6.45, 7) is 0. The lowest BCUT2D eigenvalue weighted by molar-refractivity contribution is -0.152. The number of aliphatic hydroxyl groups is 1. The highest BCUT2D eigenvalue weighted by Gasteiger charge is 2.16. The van der Waals surface area contributed by atoms with Crippen molar-refractivity contribution in [1.29, 1.82) is 0 Å². The van der Waals surface area contributed by atoms with Gasteiger partial charge in [0.25, 0.3) is 0 Å². The molecule has 0 aromatic heterocycles. The predicted octanol–water partition coefficient (Wildman–Crippen LogP) is 0.537. The second-order valence-electron chi connectivity index (χ2n) is 3.44. The Labute approximate surface area is 113 Å². The molecule has 1 atom stereocenters. The highest BCUT2D eigenvalue weighted by molar-refractivity contribution is 7.97. The summed E-state index contributed by atoms with van der Waals surface area (Å²) in [5, 5.41) is 28.0. The smallest absolute Gasteiger partial charge is 0.333 e. The van der Waals surface area contributed by atoms with Gasteiger partial charge in [-0.15, -0.1) is 0 Å². The molecule has 1 aliphatic heterocycles. The molecule has 19 heavy (non-hydrogen) atoms. The molecule has 4 N–H and O–H groups in total. The molecule has 7 nitrogen and oxygen atoms in total. The van der Waals surface area contributed by atoms with Crippen molar-refractivity contribution in [2.45, 2.75) is 17.4 Å². The Kier molecular flexibility index (Phi) is 5.83. The second kappa shape index (κ2) is 7.39. The van der Waals surface area contributed by atoms with Crippen LogP contribution in [-0.4, -0.2) is 39.6 Å². The number of nitrogens with one attached hydrogen (secondary N) is 1. The first-order valence-electron chi connectivity index (χ1n) is 5.17. The number of nitrogens with zero attached hydrogens (tertiary/aromatic N) is 1. The Hall–Kier alpha value is -2.06. The van der Waals surface area contributed by atoms with Crippen LogP contribution in [0.1, 0.15) is 12.0 Å². The van der Waals surface area contributed by atoms with Gasteiger partial charge in [-0.05, 0) is 6.07 Å². The minimum absolute atomic E-state index is 0.755. The molecule has 1 aliphatic rings. The van der Waals surface area contributed by atoms with Gasteiger partial charge >= 0.3 is 11.9 Å². The van der Waals surface area contributed by atoms with E-state index in [0.717, 1.165) is 0 Å². The lowest BCUT2D eigenvalue weighted by Gasteiger charge is -2.07. The van der Waals surface area contributed by atoms with Crippen LogP contribution >= 0.6 is 11.9 Å². The summed E-state index contributed by atoms with van der Waals surface area (Å²) in [5.74, 6) is -2.85. The summed E-state index contributed by atoms with van der Waals surface area (Å²) in [6.07, 6.45) is -0.719. The van der Waals surface area contributed by atoms with Crippen molar-refractivity contribution in [3.05, 3.63) is 29.8 Å². The standard InChI is InChI=1S/C7H6N2S.C4H6O5/c1-2-4-7-6(3-1)5-8-9-10-7;5-2(4(8)9)1-3(6)7/h1-5,9H;2,5H,1H2,(H,6,7)(H,8,9). The molecular formula is C11H12N2O5S. The van der Waals surface area contributed by atoms with Crippen LogP contribution in [0.4, 0.5) is 0 Å². The fraction of sp³-hybridized carbons (Fsp3) is 0.182. The van der Waals surface area contributed by atoms with Crippen molar-refractivity contribution in [2.24, 2.45) is 5.10 Å². The van der Waals surface area contributed by atoms with Crippen molar-refractivity contribution >= 4 is 30.1 Å². The van der Waals surface area contributed by atoms with Crippen LogP contribution in [0.5, 0.6) is 0 Å². The highest BCUT2D eigenvalue weighted by atomic mass is 32.2. The molecule has 0 spiro atoms. The molecule has 0 amide bonds. The molecule has 0 fully saturated rings. The Morgan fingerprint density at radius 3 is 2.53 bits per heavy atom. The van der Waals surface area contributed by atoms with Crippen LogP contribution < -0.4 is 4.83 Å². The normalized spacial score (nSPS) is 13.3. The average molecular weight is 284 g/mol. The molecule has 0 saturated heterocycles. The quantitative estimate of drug-likeness (QED) is 0.598. The zero-order chi connectivity index (χ0) is 14.3. The van der Waals surface area contributed by atoms with Gasteiger partial charge in [0, 0.05) is 22.4 Å². The van der Waals surface area contributed by atoms with Gasteiger partial charge in [-0.3, -0.25) is 4.79 Å². The number of carbonyl (C=O) groups is 2. The Morgan fingerprint density at radius 2 is 2.00 bits per heavy atom. The minimum atomic E-state index is -1.79. The molecule has 2 rings (SSSR count). The highest BCUT2D eigenvalue weighted by Crippen LogP contribution is 2.20. The van der Waals surface area contributed by atoms with E-state index in [1.807, 2.05) is 24.4 Å². The Bertz CT molecular complexity index is 492. The number of carboxylic acid groups (broad SMARTS) is 2. The summed E-state index contributed by atoms with van der Waals surface area (Å²) < 4.78 is 0. The summed E-state index contributed by atoms with van der Waals surface area (Å²) in [4.78, 5) is 23.5. The topological polar surface area (TPSA) is 119 Å². The first kappa shape index (κ1) is 15.0. The third-order valence-corrected chi connectivity index (χ3v) is 2.77. The second-order valence-corrected chi connectivity index (χ2v) is 4.27. The van der Waals surface area contributed by atoms with Gasteiger partial charge in [-0.2, -0.15) is 5.10 Å². The van der Waals surface area contributed by atoms with Crippen molar-refractivity contribution in [3.8, 4) is 0 Å². The Balaban J connectivity index is 0.000000192. The van der Waals surface area contributed by atoms with Gasteiger partial charge in [0.15, 0.2) is 6.10 Å². The van der Waals surface area contributed by atoms with E-state index in [4.69, 9.17) is 15.3 Å². The van der Waals surface area contributed by atoms with Gasteiger partial charge in [-0.25, -0.2) is 9.63 Å². The van der Waals surface area contributed by atoms with Crippen LogP contribution in [0.3, 0.4) is 0 Å². The van der Waals surface area contributed by atoms with Crippen molar-refractivity contribution in [2.75, 3.05) is 0 Å². The third-order valence-electron chi connectivity index (χ3n) is 1.98. The first-order chi connectivity index (χ1) is 9.00. The number of hydrogen-bond donors (Lipinski definition) is 4. The number of fused-ring (bicyclic) bond motifs is 1. The molecule has 8 heteroatoms. The molecule has 1 heterocycles. The number of hydrazone groups is 1. The van der Waals surface area contributed by atoms with Crippen LogP contribution in [0.2, 0.25) is 0 Å². The van der Waals surface area contributed by atoms with E-state index in [1.54, 1.807) is 11.9 Å². The minimum Gasteiger partial charge on any atom is -0.481 e. The fourth-order valence-corrected chi connectivity index (χ4v) is 1.69. The number of benzene rings is 1. The van der Waals surface area contributed by atoms with Gasteiger partial charge in [0.1, 0.15) is 0 Å². The van der Waals surface area contributed by atoms with Gasteiger partial charge < -0.3 is 15.3 Å². The van der Waals surface area contributed by atoms with E-state index < -0.39 is 24.5 Å². The van der Waals surface area contributed by atoms with Crippen molar-refractivity contribution in [3.63, 3.8) is 0 Å². The maximum Gasteiger partial charge on any atom is 0.333 e. The van der Waals surface area contributed by atoms with E-state index in [-0.39, 0.29) is 0 Å². The fourth-order valence-electron chi connectivity index (χ4n) is 1.10. The van der Waals surface area contributed by atoms with E-state index in [1.165, 1.54) is 10.5 Å². The van der Waals surface area contributed by atoms with Crippen LogP contribution in [-0.2, 0) is 9.59 Å². The van der Waals surface area contributed by atoms with Crippen LogP contribution in [0.25, 0.3) is 0 Å². The summed E-state index contributed by atoms with van der Waals surface area (Å²) >= 11 is 1.54. The lowest BCUT2D eigenvalue weighted by atomic mass is 10.2. The van der Waals surface area contributed by atoms with Gasteiger partial charge in [-0.1, -0.05) is 18.2 Å². The third kappa shape index (κ3) is 5.40. The molecule has 0 radical (unpaired) electrons. The molecular weight excluding hydrogens is 272 g/mol. The SMILES string of the molecule is C1=NNSc2ccccc21.O=C(O)CC(O)C(=O)O. The summed E-state index contributed by atoms with van der Waals surface area (Å²) in [7, 11) is 0. The Morgan fingerprint density at radius 1 is 1.32 bits per heavy atom. The van der Waals surface area contributed by atoms with Gasteiger partial charge in [0.05, 0.1) is 12.6 Å². The molecule has 102 valence electrons. The maximum atomic E-state index is 9.72. The lowest BCUT2D eigenvalue weighted by Crippen LogP contribution is -2.22.